The molecule has 0 aromatic heterocycles. The highest BCUT2D eigenvalue weighted by Gasteiger charge is 2.30. The molecule has 36 heavy (non-hydrogen) atoms. The van der Waals surface area contributed by atoms with Crippen molar-refractivity contribution in [1.29, 1.82) is 0 Å². The van der Waals surface area contributed by atoms with E-state index in [0.29, 0.717) is 18.5 Å². The van der Waals surface area contributed by atoms with Gasteiger partial charge in [0, 0.05) is 33.0 Å². The molecular weight excluding hydrogens is 474 g/mol. The van der Waals surface area contributed by atoms with Crippen LogP contribution in [-0.4, -0.2) is 51.0 Å². The Morgan fingerprint density at radius 3 is 1.89 bits per heavy atom. The molecule has 1 N–H and O–H groups in total. The van der Waals surface area contributed by atoms with Gasteiger partial charge in [0.25, 0.3) is 0 Å². The Hall–Kier alpha value is -3.65. The fourth-order valence-corrected chi connectivity index (χ4v) is 5.06. The van der Waals surface area contributed by atoms with Crippen LogP contribution in [0.1, 0.15) is 24.0 Å². The van der Waals surface area contributed by atoms with Gasteiger partial charge in [-0.1, -0.05) is 78.9 Å². The molecule has 2 amide bonds. The number of amides is 2. The van der Waals surface area contributed by atoms with Crippen molar-refractivity contribution >= 4 is 27.5 Å². The summed E-state index contributed by atoms with van der Waals surface area (Å²) in [6.45, 7) is 0.441. The zero-order valence-electron chi connectivity index (χ0n) is 20.7. The normalized spacial score (nSPS) is 11.9. The number of para-hydroxylation sites is 1. The SMILES string of the molecule is CNC(=O)[C@H](Cc1ccccc1)N(Cc1ccccc1)C(=O)CCCN(c1ccccc1)S(C)(=O)=O. The molecule has 0 aliphatic rings. The standard InChI is InChI=1S/C28H33N3O4S/c1-29-28(33)26(21-23-13-6-3-7-14-23)30(22-24-15-8-4-9-16-24)27(32)19-12-20-31(36(2,34)35)25-17-10-5-11-18-25/h3-11,13-18,26H,12,19-22H2,1-2H3,(H,29,33)/t26-/m0/s1. The summed E-state index contributed by atoms with van der Waals surface area (Å²) in [6.07, 6.45) is 1.95. The van der Waals surface area contributed by atoms with Crippen LogP contribution in [0.25, 0.3) is 0 Å². The maximum Gasteiger partial charge on any atom is 0.242 e. The fourth-order valence-electron chi connectivity index (χ4n) is 4.10. The molecule has 3 rings (SSSR count). The van der Waals surface area contributed by atoms with Crippen LogP contribution in [0.15, 0.2) is 91.0 Å². The maximum absolute atomic E-state index is 13.5. The number of carbonyl (C=O) groups is 2. The summed E-state index contributed by atoms with van der Waals surface area (Å²) in [6, 6.07) is 27.3. The van der Waals surface area contributed by atoms with Crippen molar-refractivity contribution in [2.24, 2.45) is 0 Å². The van der Waals surface area contributed by atoms with Gasteiger partial charge in [-0.2, -0.15) is 0 Å². The van der Waals surface area contributed by atoms with Crippen LogP contribution in [-0.2, 0) is 32.6 Å². The molecule has 0 aliphatic carbocycles. The number of anilines is 1. The van der Waals surface area contributed by atoms with Gasteiger partial charge in [0.2, 0.25) is 21.8 Å². The number of rotatable bonds is 12. The molecule has 0 saturated carbocycles. The van der Waals surface area contributed by atoms with Crippen LogP contribution in [0.4, 0.5) is 5.69 Å². The van der Waals surface area contributed by atoms with Crippen molar-refractivity contribution in [3.63, 3.8) is 0 Å². The Morgan fingerprint density at radius 2 is 1.36 bits per heavy atom. The molecule has 8 heteroatoms. The average molecular weight is 508 g/mol. The minimum Gasteiger partial charge on any atom is -0.357 e. The maximum atomic E-state index is 13.5. The minimum atomic E-state index is -3.51. The van der Waals surface area contributed by atoms with E-state index in [1.807, 2.05) is 66.7 Å². The van der Waals surface area contributed by atoms with Crippen molar-refractivity contribution in [2.75, 3.05) is 24.2 Å². The van der Waals surface area contributed by atoms with Crippen LogP contribution in [0.3, 0.4) is 0 Å². The molecule has 0 heterocycles. The minimum absolute atomic E-state index is 0.105. The van der Waals surface area contributed by atoms with E-state index in [1.165, 1.54) is 4.31 Å². The summed E-state index contributed by atoms with van der Waals surface area (Å²) < 4.78 is 26.1. The first-order chi connectivity index (χ1) is 17.3. The zero-order valence-corrected chi connectivity index (χ0v) is 21.5. The molecule has 0 radical (unpaired) electrons. The molecule has 0 unspecified atom stereocenters. The second kappa shape index (κ2) is 12.9. The van der Waals surface area contributed by atoms with Gasteiger partial charge in [0.05, 0.1) is 11.9 Å². The Morgan fingerprint density at radius 1 is 0.833 bits per heavy atom. The van der Waals surface area contributed by atoms with Gasteiger partial charge in [-0.15, -0.1) is 0 Å². The number of nitrogens with one attached hydrogen (secondary N) is 1. The van der Waals surface area contributed by atoms with Crippen molar-refractivity contribution in [3.8, 4) is 0 Å². The predicted molar refractivity (Wildman–Crippen MR) is 143 cm³/mol. The third-order valence-electron chi connectivity index (χ3n) is 5.91. The summed E-state index contributed by atoms with van der Waals surface area (Å²) in [5.74, 6) is -0.449. The second-order valence-electron chi connectivity index (χ2n) is 8.60. The van der Waals surface area contributed by atoms with Gasteiger partial charge in [-0.25, -0.2) is 8.42 Å². The lowest BCUT2D eigenvalue weighted by atomic mass is 10.0. The van der Waals surface area contributed by atoms with Crippen molar-refractivity contribution < 1.29 is 18.0 Å². The number of likely N-dealkylation sites (N-methyl/N-ethyl adjacent to an activating group) is 1. The van der Waals surface area contributed by atoms with Crippen LogP contribution < -0.4 is 9.62 Å². The number of sulfonamides is 1. The Bertz CT molecular complexity index is 1220. The van der Waals surface area contributed by atoms with E-state index in [4.69, 9.17) is 0 Å². The smallest absolute Gasteiger partial charge is 0.242 e. The quantitative estimate of drug-likeness (QED) is 0.406. The van der Waals surface area contributed by atoms with E-state index in [2.05, 4.69) is 5.32 Å². The topological polar surface area (TPSA) is 86.8 Å². The Labute approximate surface area is 213 Å². The lowest BCUT2D eigenvalue weighted by molar-refractivity contribution is -0.141. The molecule has 3 aromatic carbocycles. The first-order valence-electron chi connectivity index (χ1n) is 11.9. The molecule has 1 atom stereocenters. The number of nitrogens with zero attached hydrogens (tertiary/aromatic N) is 2. The summed E-state index contributed by atoms with van der Waals surface area (Å²) in [5.41, 5.74) is 2.42. The van der Waals surface area contributed by atoms with Gasteiger partial charge in [0.1, 0.15) is 6.04 Å². The van der Waals surface area contributed by atoms with Crippen LogP contribution in [0, 0.1) is 0 Å². The van der Waals surface area contributed by atoms with Crippen LogP contribution in [0.2, 0.25) is 0 Å². The predicted octanol–water partition coefficient (Wildman–Crippen LogP) is 3.62. The molecular formula is C28H33N3O4S. The van der Waals surface area contributed by atoms with Gasteiger partial charge < -0.3 is 10.2 Å². The highest BCUT2D eigenvalue weighted by atomic mass is 32.2. The van der Waals surface area contributed by atoms with E-state index >= 15 is 0 Å². The number of carbonyl (C=O) groups excluding carboxylic acids is 2. The van der Waals surface area contributed by atoms with Gasteiger partial charge >= 0.3 is 0 Å². The summed E-state index contributed by atoms with van der Waals surface area (Å²) in [5, 5.41) is 2.70. The average Bonchev–Trinajstić information content (AvgIpc) is 2.89. The third kappa shape index (κ3) is 7.68. The lowest BCUT2D eigenvalue weighted by Gasteiger charge is -2.31. The lowest BCUT2D eigenvalue weighted by Crippen LogP contribution is -2.49. The number of hydrogen-bond donors (Lipinski definition) is 1. The van der Waals surface area contributed by atoms with Crippen LogP contribution >= 0.6 is 0 Å². The molecule has 3 aromatic rings. The first-order valence-corrected chi connectivity index (χ1v) is 13.8. The molecule has 0 bridgehead atoms. The Balaban J connectivity index is 1.81. The van der Waals surface area contributed by atoms with Crippen LogP contribution in [0.5, 0.6) is 0 Å². The molecule has 0 aliphatic heterocycles. The third-order valence-corrected chi connectivity index (χ3v) is 7.10. The first kappa shape index (κ1) is 26.9. The number of hydrogen-bond acceptors (Lipinski definition) is 4. The van der Waals surface area contributed by atoms with Gasteiger partial charge in [0.15, 0.2) is 0 Å². The van der Waals surface area contributed by atoms with E-state index in [9.17, 15) is 18.0 Å². The van der Waals surface area contributed by atoms with E-state index in [1.54, 1.807) is 36.2 Å². The van der Waals surface area contributed by atoms with Gasteiger partial charge in [-0.05, 0) is 29.7 Å². The van der Waals surface area contributed by atoms with E-state index in [0.717, 1.165) is 17.4 Å². The van der Waals surface area contributed by atoms with E-state index < -0.39 is 16.1 Å². The summed E-state index contributed by atoms with van der Waals surface area (Å²) in [4.78, 5) is 28.1. The molecule has 0 saturated heterocycles. The van der Waals surface area contributed by atoms with Crippen molar-refractivity contribution in [3.05, 3.63) is 102 Å². The monoisotopic (exact) mass is 507 g/mol. The fraction of sp³-hybridized carbons (Fsp3) is 0.286. The molecule has 190 valence electrons. The zero-order chi connectivity index (χ0) is 26.0. The summed E-state index contributed by atoms with van der Waals surface area (Å²) in [7, 11) is -1.95. The molecule has 0 spiro atoms. The Kier molecular flexibility index (Phi) is 9.64. The largest absolute Gasteiger partial charge is 0.357 e. The van der Waals surface area contributed by atoms with Crippen molar-refractivity contribution in [1.82, 2.24) is 10.2 Å². The van der Waals surface area contributed by atoms with E-state index in [-0.39, 0.29) is 31.3 Å². The summed E-state index contributed by atoms with van der Waals surface area (Å²) >= 11 is 0. The molecule has 7 nitrogen and oxygen atoms in total. The molecule has 0 fully saturated rings. The van der Waals surface area contributed by atoms with Crippen molar-refractivity contribution in [2.45, 2.75) is 31.8 Å². The van der Waals surface area contributed by atoms with Gasteiger partial charge in [-0.3, -0.25) is 13.9 Å². The number of benzene rings is 3. The second-order valence-corrected chi connectivity index (χ2v) is 10.5. The highest BCUT2D eigenvalue weighted by Crippen LogP contribution is 2.19. The highest BCUT2D eigenvalue weighted by molar-refractivity contribution is 7.92.